The number of halogens is 1. The van der Waals surface area contributed by atoms with Crippen molar-refractivity contribution in [2.45, 2.75) is 19.6 Å². The lowest BCUT2D eigenvalue weighted by Crippen LogP contribution is -2.35. The number of rotatable bonds is 6. The molecular weight excluding hydrogens is 286 g/mol. The molecule has 1 rings (SSSR count). The molecule has 0 aliphatic rings. The van der Waals surface area contributed by atoms with Gasteiger partial charge in [0.2, 0.25) is 5.91 Å². The van der Waals surface area contributed by atoms with E-state index in [1.165, 1.54) is 4.90 Å². The Morgan fingerprint density at radius 1 is 1.16 bits per heavy atom. The van der Waals surface area contributed by atoms with Crippen LogP contribution in [0.25, 0.3) is 0 Å². The lowest BCUT2D eigenvalue weighted by atomic mass is 10.2. The van der Waals surface area contributed by atoms with E-state index in [2.05, 4.69) is 0 Å². The van der Waals surface area contributed by atoms with Gasteiger partial charge in [-0.2, -0.15) is 0 Å². The summed E-state index contributed by atoms with van der Waals surface area (Å²) >= 11 is 5.74. The molecule has 0 unspecified atom stereocenters. The first-order valence-corrected chi connectivity index (χ1v) is 8.30. The van der Waals surface area contributed by atoms with Gasteiger partial charge in [0, 0.05) is 18.1 Å². The molecule has 0 atom stereocenters. The fourth-order valence-electron chi connectivity index (χ4n) is 1.74. The van der Waals surface area contributed by atoms with Crippen molar-refractivity contribution in [3.05, 3.63) is 34.9 Å². The monoisotopic (exact) mass is 303 g/mol. The largest absolute Gasteiger partial charge is 0.342 e. The van der Waals surface area contributed by atoms with Crippen LogP contribution in [-0.2, 0) is 20.4 Å². The Labute approximate surface area is 119 Å². The Kier molecular flexibility index (Phi) is 5.82. The second-order valence-electron chi connectivity index (χ2n) is 4.22. The van der Waals surface area contributed by atoms with Gasteiger partial charge in [-0.25, -0.2) is 8.42 Å². The Balaban J connectivity index is 2.71. The normalized spacial score (nSPS) is 11.3. The maximum atomic E-state index is 12.0. The first kappa shape index (κ1) is 16.0. The summed E-state index contributed by atoms with van der Waals surface area (Å²) in [6, 6.07) is 6.58. The van der Waals surface area contributed by atoms with Crippen LogP contribution < -0.4 is 0 Å². The van der Waals surface area contributed by atoms with Gasteiger partial charge in [0.05, 0.1) is 5.75 Å². The molecule has 0 bridgehead atoms. The Bertz CT molecular complexity index is 521. The minimum absolute atomic E-state index is 0.142. The molecule has 0 saturated heterocycles. The summed E-state index contributed by atoms with van der Waals surface area (Å²) in [7, 11) is -3.45. The van der Waals surface area contributed by atoms with Crippen LogP contribution in [0.5, 0.6) is 0 Å². The predicted molar refractivity (Wildman–Crippen MR) is 76.9 cm³/mol. The Morgan fingerprint density at radius 2 is 1.68 bits per heavy atom. The van der Waals surface area contributed by atoms with Gasteiger partial charge >= 0.3 is 0 Å². The second kappa shape index (κ2) is 6.91. The molecule has 0 radical (unpaired) electrons. The molecule has 0 aromatic heterocycles. The van der Waals surface area contributed by atoms with Crippen molar-refractivity contribution in [1.82, 2.24) is 4.90 Å². The van der Waals surface area contributed by atoms with E-state index >= 15 is 0 Å². The molecule has 19 heavy (non-hydrogen) atoms. The highest BCUT2D eigenvalue weighted by atomic mass is 35.5. The van der Waals surface area contributed by atoms with Crippen LogP contribution in [0.15, 0.2) is 24.3 Å². The molecule has 106 valence electrons. The zero-order chi connectivity index (χ0) is 14.5. The minimum atomic E-state index is -3.45. The fourth-order valence-corrected chi connectivity index (χ4v) is 3.23. The third kappa shape index (κ3) is 5.20. The van der Waals surface area contributed by atoms with Gasteiger partial charge in [-0.3, -0.25) is 4.79 Å². The molecule has 0 aliphatic heterocycles. The molecule has 1 aromatic carbocycles. The predicted octanol–water partition coefficient (Wildman–Crippen LogP) is 2.12. The molecule has 1 amide bonds. The van der Waals surface area contributed by atoms with Crippen LogP contribution in [0.2, 0.25) is 5.02 Å². The van der Waals surface area contributed by atoms with Crippen molar-refractivity contribution in [2.75, 3.05) is 18.8 Å². The zero-order valence-electron chi connectivity index (χ0n) is 11.1. The lowest BCUT2D eigenvalue weighted by Gasteiger charge is -2.18. The quantitative estimate of drug-likeness (QED) is 0.809. The van der Waals surface area contributed by atoms with E-state index in [4.69, 9.17) is 11.6 Å². The molecule has 0 N–H and O–H groups in total. The third-order valence-electron chi connectivity index (χ3n) is 2.76. The van der Waals surface area contributed by atoms with E-state index in [0.29, 0.717) is 23.7 Å². The summed E-state index contributed by atoms with van der Waals surface area (Å²) in [5, 5.41) is 0.556. The number of benzene rings is 1. The van der Waals surface area contributed by atoms with Crippen LogP contribution in [0.3, 0.4) is 0 Å². The van der Waals surface area contributed by atoms with Crippen molar-refractivity contribution in [1.29, 1.82) is 0 Å². The van der Waals surface area contributed by atoms with Crippen molar-refractivity contribution >= 4 is 27.3 Å². The van der Waals surface area contributed by atoms with E-state index in [1.54, 1.807) is 24.3 Å². The van der Waals surface area contributed by atoms with Gasteiger partial charge < -0.3 is 4.90 Å². The molecular formula is C13H18ClNO3S. The number of carbonyl (C=O) groups excluding carboxylic acids is 1. The Hall–Kier alpha value is -1.07. The first-order valence-electron chi connectivity index (χ1n) is 6.10. The molecule has 1 aromatic rings. The summed E-state index contributed by atoms with van der Waals surface area (Å²) in [6.45, 7) is 4.69. The van der Waals surface area contributed by atoms with Crippen LogP contribution >= 0.6 is 11.6 Å². The number of amides is 1. The highest BCUT2D eigenvalue weighted by molar-refractivity contribution is 7.91. The highest BCUT2D eigenvalue weighted by Gasteiger charge is 2.20. The molecule has 0 heterocycles. The topological polar surface area (TPSA) is 54.5 Å². The maximum absolute atomic E-state index is 12.0. The van der Waals surface area contributed by atoms with Crippen molar-refractivity contribution < 1.29 is 13.2 Å². The average Bonchev–Trinajstić information content (AvgIpc) is 2.32. The van der Waals surface area contributed by atoms with Gasteiger partial charge in [-0.1, -0.05) is 23.7 Å². The SMILES string of the molecule is CCN(CC)C(=O)CS(=O)(=O)Cc1ccc(Cl)cc1. The van der Waals surface area contributed by atoms with Crippen molar-refractivity contribution in [2.24, 2.45) is 0 Å². The molecule has 0 spiro atoms. The lowest BCUT2D eigenvalue weighted by molar-refractivity contribution is -0.128. The van der Waals surface area contributed by atoms with E-state index in [-0.39, 0.29) is 11.7 Å². The second-order valence-corrected chi connectivity index (χ2v) is 6.73. The average molecular weight is 304 g/mol. The van der Waals surface area contributed by atoms with Gasteiger partial charge in [0.25, 0.3) is 0 Å². The minimum Gasteiger partial charge on any atom is -0.342 e. The molecule has 0 aliphatic carbocycles. The van der Waals surface area contributed by atoms with Crippen molar-refractivity contribution in [3.63, 3.8) is 0 Å². The summed E-state index contributed by atoms with van der Waals surface area (Å²) in [5.74, 6) is -0.937. The number of nitrogens with zero attached hydrogens (tertiary/aromatic N) is 1. The standard InChI is InChI=1S/C13H18ClNO3S/c1-3-15(4-2)13(16)10-19(17,18)9-11-5-7-12(14)8-6-11/h5-8H,3-4,9-10H2,1-2H3. The number of carbonyl (C=O) groups is 1. The van der Waals surface area contributed by atoms with E-state index < -0.39 is 15.6 Å². The molecule has 4 nitrogen and oxygen atoms in total. The zero-order valence-corrected chi connectivity index (χ0v) is 12.7. The van der Waals surface area contributed by atoms with Crippen LogP contribution in [0.1, 0.15) is 19.4 Å². The summed E-state index contributed by atoms with van der Waals surface area (Å²) < 4.78 is 23.9. The number of hydrogen-bond donors (Lipinski definition) is 0. The van der Waals surface area contributed by atoms with Crippen LogP contribution in [-0.4, -0.2) is 38.1 Å². The smallest absolute Gasteiger partial charge is 0.237 e. The van der Waals surface area contributed by atoms with Crippen LogP contribution in [0, 0.1) is 0 Å². The summed E-state index contributed by atoms with van der Waals surface area (Å²) in [5.41, 5.74) is 0.636. The number of hydrogen-bond acceptors (Lipinski definition) is 3. The highest BCUT2D eigenvalue weighted by Crippen LogP contribution is 2.12. The van der Waals surface area contributed by atoms with E-state index in [0.717, 1.165) is 0 Å². The van der Waals surface area contributed by atoms with Gasteiger partial charge in [0.15, 0.2) is 9.84 Å². The van der Waals surface area contributed by atoms with Gasteiger partial charge in [-0.05, 0) is 31.5 Å². The van der Waals surface area contributed by atoms with E-state index in [9.17, 15) is 13.2 Å². The summed E-state index contributed by atoms with van der Waals surface area (Å²) in [4.78, 5) is 13.3. The molecule has 0 fully saturated rings. The third-order valence-corrected chi connectivity index (χ3v) is 4.47. The maximum Gasteiger partial charge on any atom is 0.237 e. The molecule has 6 heteroatoms. The van der Waals surface area contributed by atoms with Crippen LogP contribution in [0.4, 0.5) is 0 Å². The van der Waals surface area contributed by atoms with Gasteiger partial charge in [0.1, 0.15) is 5.75 Å². The fraction of sp³-hybridized carbons (Fsp3) is 0.462. The number of sulfone groups is 1. The Morgan fingerprint density at radius 3 is 2.16 bits per heavy atom. The van der Waals surface area contributed by atoms with E-state index in [1.807, 2.05) is 13.8 Å². The summed E-state index contributed by atoms with van der Waals surface area (Å²) in [6.07, 6.45) is 0. The van der Waals surface area contributed by atoms with Gasteiger partial charge in [-0.15, -0.1) is 0 Å². The van der Waals surface area contributed by atoms with Crippen molar-refractivity contribution in [3.8, 4) is 0 Å². The molecule has 0 saturated carbocycles. The first-order chi connectivity index (χ1) is 8.88.